The second-order valence-corrected chi connectivity index (χ2v) is 5.65. The summed E-state index contributed by atoms with van der Waals surface area (Å²) in [4.78, 5) is 24.8. The van der Waals surface area contributed by atoms with Crippen molar-refractivity contribution in [3.63, 3.8) is 0 Å². The van der Waals surface area contributed by atoms with Crippen molar-refractivity contribution in [3.8, 4) is 0 Å². The number of rotatable bonds is 3. The predicted octanol–water partition coefficient (Wildman–Crippen LogP) is 3.73. The van der Waals surface area contributed by atoms with Crippen LogP contribution in [0, 0.1) is 6.92 Å². The number of hydrogen-bond donors (Lipinski definition) is 1. The van der Waals surface area contributed by atoms with Gasteiger partial charge in [0, 0.05) is 22.8 Å². The summed E-state index contributed by atoms with van der Waals surface area (Å²) in [6.07, 6.45) is 0. The van der Waals surface area contributed by atoms with E-state index in [1.54, 1.807) is 25.2 Å². The second kappa shape index (κ2) is 6.10. The van der Waals surface area contributed by atoms with Gasteiger partial charge in [-0.05, 0) is 55.0 Å². The van der Waals surface area contributed by atoms with Crippen LogP contribution < -0.4 is 4.90 Å². The Bertz CT molecular complexity index is 675. The van der Waals surface area contributed by atoms with Crippen molar-refractivity contribution < 1.29 is 14.7 Å². The Balaban J connectivity index is 2.28. The highest BCUT2D eigenvalue weighted by molar-refractivity contribution is 9.10. The first-order valence-corrected chi connectivity index (χ1v) is 7.06. The van der Waals surface area contributed by atoms with Gasteiger partial charge in [-0.3, -0.25) is 4.79 Å². The molecule has 1 amide bonds. The molecule has 0 saturated carbocycles. The molecular weight excluding hydrogens is 334 g/mol. The van der Waals surface area contributed by atoms with Crippen LogP contribution in [0.2, 0.25) is 0 Å². The van der Waals surface area contributed by atoms with Gasteiger partial charge >= 0.3 is 5.97 Å². The third-order valence-corrected chi connectivity index (χ3v) is 3.55. The van der Waals surface area contributed by atoms with Gasteiger partial charge in [0.2, 0.25) is 0 Å². The van der Waals surface area contributed by atoms with Gasteiger partial charge in [0.05, 0.1) is 5.56 Å². The van der Waals surface area contributed by atoms with Crippen molar-refractivity contribution in [2.45, 2.75) is 6.92 Å². The van der Waals surface area contributed by atoms with Crippen LogP contribution in [0.4, 0.5) is 5.69 Å². The number of aromatic carboxylic acids is 1. The highest BCUT2D eigenvalue weighted by Gasteiger charge is 2.15. The van der Waals surface area contributed by atoms with Crippen LogP contribution in [-0.2, 0) is 0 Å². The Morgan fingerprint density at radius 1 is 1.05 bits per heavy atom. The maximum absolute atomic E-state index is 12.5. The molecule has 0 spiro atoms. The first kappa shape index (κ1) is 15.3. The number of carbonyl (C=O) groups excluding carboxylic acids is 1. The number of carboxylic acids is 1. The minimum Gasteiger partial charge on any atom is -0.478 e. The largest absolute Gasteiger partial charge is 0.478 e. The average Bonchev–Trinajstić information content (AvgIpc) is 2.44. The Morgan fingerprint density at radius 2 is 1.67 bits per heavy atom. The molecule has 0 bridgehead atoms. The van der Waals surface area contributed by atoms with Gasteiger partial charge < -0.3 is 10.0 Å². The quantitative estimate of drug-likeness (QED) is 0.920. The summed E-state index contributed by atoms with van der Waals surface area (Å²) >= 11 is 3.38. The fraction of sp³-hybridized carbons (Fsp3) is 0.125. The summed E-state index contributed by atoms with van der Waals surface area (Å²) in [6, 6.07) is 11.7. The minimum atomic E-state index is -0.988. The van der Waals surface area contributed by atoms with Crippen LogP contribution in [0.3, 0.4) is 0 Å². The molecule has 0 aliphatic rings. The minimum absolute atomic E-state index is 0.150. The Hall–Kier alpha value is -2.14. The molecule has 0 heterocycles. The van der Waals surface area contributed by atoms with Gasteiger partial charge in [-0.2, -0.15) is 0 Å². The first-order valence-electron chi connectivity index (χ1n) is 6.27. The van der Waals surface area contributed by atoms with E-state index in [4.69, 9.17) is 5.11 Å². The molecule has 0 radical (unpaired) electrons. The fourth-order valence-electron chi connectivity index (χ4n) is 2.00. The molecule has 0 aliphatic heterocycles. The van der Waals surface area contributed by atoms with E-state index >= 15 is 0 Å². The lowest BCUT2D eigenvalue weighted by atomic mass is 10.1. The van der Waals surface area contributed by atoms with Crippen LogP contribution >= 0.6 is 15.9 Å². The van der Waals surface area contributed by atoms with E-state index in [0.717, 1.165) is 10.0 Å². The SMILES string of the molecule is Cc1cc(Br)cc(C(=O)N(C)c2ccc(C(=O)O)cc2)c1. The van der Waals surface area contributed by atoms with E-state index in [2.05, 4.69) is 15.9 Å². The lowest BCUT2D eigenvalue weighted by Gasteiger charge is -2.18. The number of nitrogens with zero attached hydrogens (tertiary/aromatic N) is 1. The van der Waals surface area contributed by atoms with Gasteiger partial charge in [-0.15, -0.1) is 0 Å². The van der Waals surface area contributed by atoms with E-state index < -0.39 is 5.97 Å². The fourth-order valence-corrected chi connectivity index (χ4v) is 2.61. The number of benzene rings is 2. The molecular formula is C16H14BrNO3. The Morgan fingerprint density at radius 3 is 2.19 bits per heavy atom. The molecule has 108 valence electrons. The van der Waals surface area contributed by atoms with E-state index in [-0.39, 0.29) is 11.5 Å². The first-order chi connectivity index (χ1) is 9.88. The van der Waals surface area contributed by atoms with Crippen LogP contribution in [0.25, 0.3) is 0 Å². The van der Waals surface area contributed by atoms with Gasteiger partial charge in [-0.1, -0.05) is 15.9 Å². The number of carboxylic acid groups (broad SMARTS) is 1. The number of amides is 1. The van der Waals surface area contributed by atoms with Gasteiger partial charge in [0.25, 0.3) is 5.91 Å². The molecule has 4 nitrogen and oxygen atoms in total. The molecule has 0 aromatic heterocycles. The molecule has 1 N–H and O–H groups in total. The molecule has 5 heteroatoms. The third-order valence-electron chi connectivity index (χ3n) is 3.10. The monoisotopic (exact) mass is 347 g/mol. The van der Waals surface area contributed by atoms with Gasteiger partial charge in [0.15, 0.2) is 0 Å². The smallest absolute Gasteiger partial charge is 0.335 e. The Kier molecular flexibility index (Phi) is 4.43. The summed E-state index contributed by atoms with van der Waals surface area (Å²) < 4.78 is 0.848. The molecule has 0 fully saturated rings. The molecule has 2 rings (SSSR count). The average molecular weight is 348 g/mol. The number of hydrogen-bond acceptors (Lipinski definition) is 2. The zero-order valence-electron chi connectivity index (χ0n) is 11.6. The van der Waals surface area contributed by atoms with Crippen LogP contribution in [0.1, 0.15) is 26.3 Å². The van der Waals surface area contributed by atoms with Crippen molar-refractivity contribution >= 4 is 33.5 Å². The van der Waals surface area contributed by atoms with Crippen LogP contribution in [-0.4, -0.2) is 24.0 Å². The summed E-state index contributed by atoms with van der Waals surface area (Å²) in [6.45, 7) is 1.92. The number of carbonyl (C=O) groups is 2. The van der Waals surface area contributed by atoms with Crippen molar-refractivity contribution in [1.29, 1.82) is 0 Å². The van der Waals surface area contributed by atoms with E-state index in [1.807, 2.05) is 19.1 Å². The van der Waals surface area contributed by atoms with Gasteiger partial charge in [0.1, 0.15) is 0 Å². The van der Waals surface area contributed by atoms with Crippen LogP contribution in [0.5, 0.6) is 0 Å². The van der Waals surface area contributed by atoms with Crippen molar-refractivity contribution in [3.05, 3.63) is 63.6 Å². The molecule has 0 atom stereocenters. The third kappa shape index (κ3) is 3.49. The number of halogens is 1. The van der Waals surface area contributed by atoms with Gasteiger partial charge in [-0.25, -0.2) is 4.79 Å². The molecule has 0 aliphatic carbocycles. The number of aryl methyl sites for hydroxylation is 1. The zero-order chi connectivity index (χ0) is 15.6. The molecule has 2 aromatic rings. The highest BCUT2D eigenvalue weighted by Crippen LogP contribution is 2.20. The van der Waals surface area contributed by atoms with Crippen molar-refractivity contribution in [1.82, 2.24) is 0 Å². The topological polar surface area (TPSA) is 57.6 Å². The summed E-state index contributed by atoms with van der Waals surface area (Å²) in [5.74, 6) is -1.14. The summed E-state index contributed by atoms with van der Waals surface area (Å²) in [7, 11) is 1.66. The van der Waals surface area contributed by atoms with Crippen LogP contribution in [0.15, 0.2) is 46.9 Å². The maximum atomic E-state index is 12.5. The van der Waals surface area contributed by atoms with Crippen molar-refractivity contribution in [2.75, 3.05) is 11.9 Å². The standard InChI is InChI=1S/C16H14BrNO3/c1-10-7-12(9-13(17)8-10)15(19)18(2)14-5-3-11(4-6-14)16(20)21/h3-9H,1-2H3,(H,20,21). The molecule has 0 saturated heterocycles. The summed E-state index contributed by atoms with van der Waals surface area (Å²) in [5, 5.41) is 8.88. The van der Waals surface area contributed by atoms with E-state index in [0.29, 0.717) is 11.3 Å². The van der Waals surface area contributed by atoms with E-state index in [1.165, 1.54) is 17.0 Å². The molecule has 21 heavy (non-hydrogen) atoms. The highest BCUT2D eigenvalue weighted by atomic mass is 79.9. The molecule has 2 aromatic carbocycles. The second-order valence-electron chi connectivity index (χ2n) is 4.73. The summed E-state index contributed by atoms with van der Waals surface area (Å²) in [5.41, 5.74) is 2.40. The maximum Gasteiger partial charge on any atom is 0.335 e. The van der Waals surface area contributed by atoms with Crippen molar-refractivity contribution in [2.24, 2.45) is 0 Å². The molecule has 0 unspecified atom stereocenters. The van der Waals surface area contributed by atoms with E-state index in [9.17, 15) is 9.59 Å². The lowest BCUT2D eigenvalue weighted by Crippen LogP contribution is -2.26. The predicted molar refractivity (Wildman–Crippen MR) is 85.0 cm³/mol. The Labute approximate surface area is 131 Å². The number of anilines is 1. The zero-order valence-corrected chi connectivity index (χ0v) is 13.2. The lowest BCUT2D eigenvalue weighted by molar-refractivity contribution is 0.0696. The normalized spacial score (nSPS) is 10.2.